The average molecular weight is 311 g/mol. The first-order valence-corrected chi connectivity index (χ1v) is 8.34. The van der Waals surface area contributed by atoms with E-state index in [1.807, 2.05) is 12.1 Å². The molecule has 0 amide bonds. The molecule has 0 unspecified atom stereocenters. The lowest BCUT2D eigenvalue weighted by Crippen LogP contribution is -2.16. The van der Waals surface area contributed by atoms with Gasteiger partial charge < -0.3 is 4.79 Å². The van der Waals surface area contributed by atoms with Gasteiger partial charge in [0.15, 0.2) is 9.84 Å². The molecule has 2 aromatic rings. The van der Waals surface area contributed by atoms with Crippen molar-refractivity contribution in [3.8, 4) is 6.07 Å². The van der Waals surface area contributed by atoms with Crippen LogP contribution in [0.3, 0.4) is 0 Å². The number of nitriles is 1. The van der Waals surface area contributed by atoms with Gasteiger partial charge in [-0.25, -0.2) is 8.42 Å². The second-order valence-electron chi connectivity index (χ2n) is 5.33. The molecule has 4 nitrogen and oxygen atoms in total. The monoisotopic (exact) mass is 311 g/mol. The molecule has 1 saturated carbocycles. The summed E-state index contributed by atoms with van der Waals surface area (Å²) in [7, 11) is -3.75. The normalized spacial score (nSPS) is 26.9. The zero-order valence-electron chi connectivity index (χ0n) is 11.6. The van der Waals surface area contributed by atoms with E-state index in [1.54, 1.807) is 42.5 Å². The quantitative estimate of drug-likeness (QED) is 0.812. The molecule has 110 valence electrons. The minimum absolute atomic E-state index is 0.139. The molecule has 0 heterocycles. The van der Waals surface area contributed by atoms with Gasteiger partial charge in [-0.2, -0.15) is 5.26 Å². The summed E-state index contributed by atoms with van der Waals surface area (Å²) in [6, 6.07) is 18.7. The van der Waals surface area contributed by atoms with E-state index in [0.29, 0.717) is 11.8 Å². The maximum atomic E-state index is 12.8. The van der Waals surface area contributed by atoms with Crippen molar-refractivity contribution < 1.29 is 13.2 Å². The van der Waals surface area contributed by atoms with E-state index >= 15 is 0 Å². The molecule has 22 heavy (non-hydrogen) atoms. The minimum atomic E-state index is -3.75. The van der Waals surface area contributed by atoms with Crippen molar-refractivity contribution in [1.82, 2.24) is 0 Å². The summed E-state index contributed by atoms with van der Waals surface area (Å²) in [4.78, 5) is 11.6. The smallest absolute Gasteiger partial charge is 0.183 e. The fourth-order valence-electron chi connectivity index (χ4n) is 2.98. The summed E-state index contributed by atoms with van der Waals surface area (Å²) in [6.45, 7) is 0. The van der Waals surface area contributed by atoms with Crippen LogP contribution in [0.5, 0.6) is 0 Å². The Morgan fingerprint density at radius 1 is 1.00 bits per heavy atom. The van der Waals surface area contributed by atoms with Crippen LogP contribution in [0.2, 0.25) is 0 Å². The first kappa shape index (κ1) is 14.5. The third-order valence-electron chi connectivity index (χ3n) is 4.13. The average Bonchev–Trinajstić information content (AvgIpc) is 3.27. The molecule has 0 radical (unpaired) electrons. The Bertz CT molecular complexity index is 840. The predicted octanol–water partition coefficient (Wildman–Crippen LogP) is 2.34. The highest BCUT2D eigenvalue weighted by Crippen LogP contribution is 2.62. The van der Waals surface area contributed by atoms with Crippen LogP contribution in [-0.2, 0) is 14.6 Å². The molecule has 0 saturated heterocycles. The lowest BCUT2D eigenvalue weighted by Gasteiger charge is -2.03. The van der Waals surface area contributed by atoms with E-state index in [2.05, 4.69) is 0 Å². The summed E-state index contributed by atoms with van der Waals surface area (Å²) >= 11 is 0. The van der Waals surface area contributed by atoms with E-state index in [1.165, 1.54) is 12.1 Å². The molecular formula is C17H13NO3S. The lowest BCUT2D eigenvalue weighted by molar-refractivity contribution is -0.110. The van der Waals surface area contributed by atoms with Crippen molar-refractivity contribution >= 4 is 16.1 Å². The molecule has 1 aliphatic carbocycles. The molecule has 0 aliphatic heterocycles. The Labute approximate surface area is 128 Å². The van der Waals surface area contributed by atoms with Gasteiger partial charge in [-0.3, -0.25) is 0 Å². The van der Waals surface area contributed by atoms with E-state index in [4.69, 9.17) is 0 Å². The Kier molecular flexibility index (Phi) is 3.34. The third kappa shape index (κ3) is 1.96. The van der Waals surface area contributed by atoms with Crippen molar-refractivity contribution in [2.24, 2.45) is 5.41 Å². The number of benzene rings is 2. The summed E-state index contributed by atoms with van der Waals surface area (Å²) in [5.74, 6) is -0.624. The van der Waals surface area contributed by atoms with Gasteiger partial charge in [0.1, 0.15) is 17.0 Å². The molecule has 1 aliphatic rings. The molecule has 0 bridgehead atoms. The Morgan fingerprint density at radius 3 is 2.05 bits per heavy atom. The van der Waals surface area contributed by atoms with E-state index in [-0.39, 0.29) is 4.90 Å². The Hall–Kier alpha value is -2.45. The highest BCUT2D eigenvalue weighted by Gasteiger charge is 2.72. The number of rotatable bonds is 4. The van der Waals surface area contributed by atoms with Gasteiger partial charge in [0.2, 0.25) is 0 Å². The van der Waals surface area contributed by atoms with Gasteiger partial charge in [0.25, 0.3) is 0 Å². The second kappa shape index (κ2) is 5.08. The second-order valence-corrected chi connectivity index (χ2v) is 7.40. The van der Waals surface area contributed by atoms with Crippen LogP contribution in [0.15, 0.2) is 65.6 Å². The molecule has 2 aromatic carbocycles. The van der Waals surface area contributed by atoms with Crippen molar-refractivity contribution in [2.45, 2.75) is 16.1 Å². The highest BCUT2D eigenvalue weighted by molar-refractivity contribution is 7.92. The number of hydrogen-bond acceptors (Lipinski definition) is 4. The molecular weight excluding hydrogens is 298 g/mol. The van der Waals surface area contributed by atoms with Crippen molar-refractivity contribution in [3.05, 3.63) is 66.2 Å². The molecule has 3 rings (SSSR count). The largest absolute Gasteiger partial charge is 0.302 e. The Balaban J connectivity index is 2.10. The van der Waals surface area contributed by atoms with Gasteiger partial charge in [-0.1, -0.05) is 48.5 Å². The number of sulfone groups is 1. The number of nitrogens with zero attached hydrogens (tertiary/aromatic N) is 1. The first-order valence-electron chi connectivity index (χ1n) is 6.79. The number of hydrogen-bond donors (Lipinski definition) is 0. The fourth-order valence-corrected chi connectivity index (χ4v) is 5.24. The lowest BCUT2D eigenvalue weighted by atomic mass is 10.0. The predicted molar refractivity (Wildman–Crippen MR) is 80.7 cm³/mol. The maximum absolute atomic E-state index is 12.8. The fraction of sp³-hybridized carbons (Fsp3) is 0.176. The van der Waals surface area contributed by atoms with Crippen LogP contribution < -0.4 is 0 Å². The van der Waals surface area contributed by atoms with Crippen molar-refractivity contribution in [2.75, 3.05) is 0 Å². The van der Waals surface area contributed by atoms with Crippen LogP contribution in [-0.4, -0.2) is 20.0 Å². The SMILES string of the molecule is N#C[C@]1(C=O)[C@H](c2ccccc2)[C@H]1S(=O)(=O)c1ccccc1. The summed E-state index contributed by atoms with van der Waals surface area (Å²) in [5.41, 5.74) is -0.809. The molecule has 3 atom stereocenters. The minimum Gasteiger partial charge on any atom is -0.302 e. The highest BCUT2D eigenvalue weighted by atomic mass is 32.2. The zero-order chi connectivity index (χ0) is 15.8. The van der Waals surface area contributed by atoms with E-state index in [0.717, 1.165) is 0 Å². The van der Waals surface area contributed by atoms with Crippen LogP contribution in [0.25, 0.3) is 0 Å². The van der Waals surface area contributed by atoms with Gasteiger partial charge in [0.05, 0.1) is 11.0 Å². The molecule has 0 aromatic heterocycles. The van der Waals surface area contributed by atoms with Crippen LogP contribution in [0, 0.1) is 16.7 Å². The van der Waals surface area contributed by atoms with Crippen molar-refractivity contribution in [3.63, 3.8) is 0 Å². The van der Waals surface area contributed by atoms with Crippen LogP contribution >= 0.6 is 0 Å². The van der Waals surface area contributed by atoms with Gasteiger partial charge in [-0.05, 0) is 17.7 Å². The Morgan fingerprint density at radius 2 is 1.55 bits per heavy atom. The van der Waals surface area contributed by atoms with Crippen LogP contribution in [0.4, 0.5) is 0 Å². The number of carbonyl (C=O) groups is 1. The van der Waals surface area contributed by atoms with Gasteiger partial charge >= 0.3 is 0 Å². The topological polar surface area (TPSA) is 75.0 Å². The molecule has 1 fully saturated rings. The van der Waals surface area contributed by atoms with E-state index < -0.39 is 26.4 Å². The standard InChI is InChI=1S/C17H13NO3S/c18-11-17(12-19)15(13-7-3-1-4-8-13)16(17)22(20,21)14-9-5-2-6-10-14/h1-10,12,15-16H/t15-,16-,17+/m1/s1. The van der Waals surface area contributed by atoms with Crippen molar-refractivity contribution in [1.29, 1.82) is 5.26 Å². The number of carbonyl (C=O) groups excluding carboxylic acids is 1. The zero-order valence-corrected chi connectivity index (χ0v) is 12.4. The van der Waals surface area contributed by atoms with Crippen LogP contribution in [0.1, 0.15) is 11.5 Å². The molecule has 0 spiro atoms. The summed E-state index contributed by atoms with van der Waals surface area (Å²) in [5, 5.41) is 8.39. The number of aldehydes is 1. The molecule has 5 heteroatoms. The maximum Gasteiger partial charge on any atom is 0.183 e. The molecule has 0 N–H and O–H groups in total. The summed E-state index contributed by atoms with van der Waals surface area (Å²) < 4.78 is 25.6. The van der Waals surface area contributed by atoms with Gasteiger partial charge in [-0.15, -0.1) is 0 Å². The van der Waals surface area contributed by atoms with Gasteiger partial charge in [0, 0.05) is 5.92 Å². The van der Waals surface area contributed by atoms with E-state index in [9.17, 15) is 18.5 Å². The summed E-state index contributed by atoms with van der Waals surface area (Å²) in [6.07, 6.45) is 0.482. The first-order chi connectivity index (χ1) is 10.6. The third-order valence-corrected chi connectivity index (χ3v) is 6.39.